The van der Waals surface area contributed by atoms with Crippen molar-refractivity contribution >= 4 is 39.1 Å². The number of carbonyl (C=O) groups excluding carboxylic acids is 1. The number of carbonyl (C=O) groups is 1. The van der Waals surface area contributed by atoms with Crippen molar-refractivity contribution in [3.05, 3.63) is 29.0 Å². The fraction of sp³-hybridized carbons (Fsp3) is 0.474. The van der Waals surface area contributed by atoms with Crippen LogP contribution < -0.4 is 14.4 Å². The smallest absolute Gasteiger partial charge is 0.427 e. The van der Waals surface area contributed by atoms with Crippen LogP contribution in [0.3, 0.4) is 0 Å². The van der Waals surface area contributed by atoms with E-state index >= 15 is 0 Å². The average Bonchev–Trinajstić information content (AvgIpc) is 3.25. The van der Waals surface area contributed by atoms with Gasteiger partial charge in [0.05, 0.1) is 17.9 Å². The van der Waals surface area contributed by atoms with Crippen LogP contribution in [0, 0.1) is 0 Å². The number of hydrogen-bond acceptors (Lipinski definition) is 6. The minimum absolute atomic E-state index is 0.0220. The van der Waals surface area contributed by atoms with Crippen LogP contribution in [0.5, 0.6) is 5.75 Å². The second kappa shape index (κ2) is 7.97. The number of hydrogen-bond donors (Lipinski definition) is 1. The Morgan fingerprint density at radius 2 is 2.00 bits per heavy atom. The third kappa shape index (κ3) is 4.19. The Bertz CT molecular complexity index is 1210. The van der Waals surface area contributed by atoms with Gasteiger partial charge in [0.25, 0.3) is 10.0 Å². The Kier molecular flexibility index (Phi) is 5.68. The van der Waals surface area contributed by atoms with Gasteiger partial charge in [-0.2, -0.15) is 18.3 Å². The number of fused-ring (bicyclic) bond motifs is 2. The molecule has 0 fully saturated rings. The summed E-state index contributed by atoms with van der Waals surface area (Å²) >= 11 is 6.16. The van der Waals surface area contributed by atoms with E-state index in [-0.39, 0.29) is 40.3 Å². The Morgan fingerprint density at radius 3 is 2.70 bits per heavy atom. The molecule has 33 heavy (non-hydrogen) atoms. The highest BCUT2D eigenvalue weighted by atomic mass is 35.5. The molecule has 1 aromatic heterocycles. The lowest BCUT2D eigenvalue weighted by molar-refractivity contribution is -0.242. The molecule has 0 radical (unpaired) electrons. The molecule has 0 spiro atoms. The first-order valence-corrected chi connectivity index (χ1v) is 11.7. The number of benzene rings is 1. The Labute approximate surface area is 192 Å². The maximum absolute atomic E-state index is 13.5. The van der Waals surface area contributed by atoms with Gasteiger partial charge in [-0.3, -0.25) is 14.3 Å². The van der Waals surface area contributed by atoms with Gasteiger partial charge in [-0.25, -0.2) is 13.2 Å². The number of sulfonamides is 1. The van der Waals surface area contributed by atoms with Crippen LogP contribution in [-0.4, -0.2) is 49.2 Å². The summed E-state index contributed by atoms with van der Waals surface area (Å²) in [6.45, 7) is 2.04. The molecule has 0 bridgehead atoms. The number of aryl methyl sites for hydroxylation is 1. The van der Waals surface area contributed by atoms with Gasteiger partial charge in [-0.05, 0) is 44.9 Å². The van der Waals surface area contributed by atoms with Gasteiger partial charge in [-0.1, -0.05) is 11.6 Å². The molecule has 0 saturated heterocycles. The van der Waals surface area contributed by atoms with E-state index in [1.54, 1.807) is 4.68 Å². The van der Waals surface area contributed by atoms with E-state index in [2.05, 4.69) is 15.2 Å². The zero-order chi connectivity index (χ0) is 24.2. The van der Waals surface area contributed by atoms with Gasteiger partial charge in [0, 0.05) is 12.2 Å². The topological polar surface area (TPSA) is 103 Å². The number of alkyl halides is 3. The van der Waals surface area contributed by atoms with Gasteiger partial charge >= 0.3 is 12.3 Å². The molecule has 4 rings (SSSR count). The Balaban J connectivity index is 1.64. The molecule has 1 N–H and O–H groups in total. The molecule has 2 aromatic rings. The molecule has 2 aliphatic heterocycles. The number of halogens is 4. The second-order valence-corrected chi connectivity index (χ2v) is 10.2. The highest BCUT2D eigenvalue weighted by molar-refractivity contribution is 7.93. The summed E-state index contributed by atoms with van der Waals surface area (Å²) in [7, 11) is -4.14. The summed E-state index contributed by atoms with van der Waals surface area (Å²) in [5.41, 5.74) is -2.08. The number of nitrogens with one attached hydrogen (secondary N) is 1. The van der Waals surface area contributed by atoms with E-state index in [0.717, 1.165) is 24.6 Å². The zero-order valence-corrected chi connectivity index (χ0v) is 19.1. The van der Waals surface area contributed by atoms with Gasteiger partial charge in [0.2, 0.25) is 5.60 Å². The molecule has 1 amide bonds. The molecule has 0 aliphatic carbocycles. The van der Waals surface area contributed by atoms with E-state index in [1.807, 2.05) is 0 Å². The van der Waals surface area contributed by atoms with Gasteiger partial charge in [-0.15, -0.1) is 0 Å². The SMILES string of the molecule is CC(C)(OC(=O)Nc1ccc2c(c1)N(S(=O)(=O)c1c(Cl)nn3c1CCC3)CCO2)C(F)(F)F. The highest BCUT2D eigenvalue weighted by Gasteiger charge is 2.51. The Morgan fingerprint density at radius 1 is 1.27 bits per heavy atom. The molecule has 0 atom stereocenters. The standard InChI is InChI=1S/C19H20ClF3N4O5S/c1-18(2,19(21,22)23)32-17(28)24-11-5-6-14-13(10-11)27(8-9-31-14)33(29,30)15-12-4-3-7-26(12)25-16(15)20/h5-6,10H,3-4,7-9H2,1-2H3,(H,24,28). The summed E-state index contributed by atoms with van der Waals surface area (Å²) in [5, 5.41) is 6.16. The molecule has 2 aliphatic rings. The van der Waals surface area contributed by atoms with Crippen molar-refractivity contribution in [1.82, 2.24) is 9.78 Å². The predicted molar refractivity (Wildman–Crippen MR) is 112 cm³/mol. The van der Waals surface area contributed by atoms with Gasteiger partial charge in [0.15, 0.2) is 5.15 Å². The molecule has 1 aromatic carbocycles. The zero-order valence-electron chi connectivity index (χ0n) is 17.6. The van der Waals surface area contributed by atoms with Crippen LogP contribution in [0.25, 0.3) is 0 Å². The molecular formula is C19H20ClF3N4O5S. The number of rotatable bonds is 4. The number of aromatic nitrogens is 2. The van der Waals surface area contributed by atoms with Crippen molar-refractivity contribution in [2.45, 2.75) is 49.9 Å². The van der Waals surface area contributed by atoms with Crippen molar-refractivity contribution in [2.24, 2.45) is 0 Å². The lowest BCUT2D eigenvalue weighted by Gasteiger charge is -2.31. The van der Waals surface area contributed by atoms with Crippen LogP contribution in [0.15, 0.2) is 23.1 Å². The first-order chi connectivity index (χ1) is 15.3. The van der Waals surface area contributed by atoms with Crippen LogP contribution >= 0.6 is 11.6 Å². The summed E-state index contributed by atoms with van der Waals surface area (Å²) < 4.78 is 78.7. The second-order valence-electron chi connectivity index (χ2n) is 8.02. The van der Waals surface area contributed by atoms with Crippen molar-refractivity contribution < 1.29 is 35.9 Å². The monoisotopic (exact) mass is 508 g/mol. The van der Waals surface area contributed by atoms with Gasteiger partial charge < -0.3 is 9.47 Å². The molecular weight excluding hydrogens is 489 g/mol. The normalized spacial score (nSPS) is 16.1. The summed E-state index contributed by atoms with van der Waals surface area (Å²) in [5.74, 6) is 0.222. The first kappa shape index (κ1) is 23.5. The molecule has 14 heteroatoms. The minimum atomic E-state index is -4.77. The van der Waals surface area contributed by atoms with E-state index < -0.39 is 27.9 Å². The lowest BCUT2D eigenvalue weighted by atomic mass is 10.1. The quantitative estimate of drug-likeness (QED) is 0.670. The number of anilines is 2. The van der Waals surface area contributed by atoms with E-state index in [9.17, 15) is 26.4 Å². The molecule has 3 heterocycles. The molecule has 180 valence electrons. The third-order valence-electron chi connectivity index (χ3n) is 5.36. The van der Waals surface area contributed by atoms with Crippen LogP contribution in [-0.2, 0) is 27.7 Å². The number of nitrogens with zero attached hydrogens (tertiary/aromatic N) is 3. The maximum Gasteiger partial charge on any atom is 0.427 e. The van der Waals surface area contributed by atoms with Crippen LogP contribution in [0.1, 0.15) is 26.0 Å². The third-order valence-corrected chi connectivity index (χ3v) is 7.64. The van der Waals surface area contributed by atoms with E-state index in [0.29, 0.717) is 18.7 Å². The Hall–Kier alpha value is -2.67. The van der Waals surface area contributed by atoms with Crippen molar-refractivity contribution in [3.8, 4) is 5.75 Å². The fourth-order valence-corrected chi connectivity index (χ4v) is 5.78. The first-order valence-electron chi connectivity index (χ1n) is 9.93. The van der Waals surface area contributed by atoms with Crippen molar-refractivity contribution in [2.75, 3.05) is 22.8 Å². The minimum Gasteiger partial charge on any atom is -0.489 e. The van der Waals surface area contributed by atoms with E-state index in [4.69, 9.17) is 16.3 Å². The van der Waals surface area contributed by atoms with Crippen molar-refractivity contribution in [3.63, 3.8) is 0 Å². The predicted octanol–water partition coefficient (Wildman–Crippen LogP) is 3.96. The van der Waals surface area contributed by atoms with Gasteiger partial charge in [0.1, 0.15) is 17.3 Å². The summed E-state index contributed by atoms with van der Waals surface area (Å²) in [6, 6.07) is 4.05. The molecule has 0 unspecified atom stereocenters. The van der Waals surface area contributed by atoms with Crippen LogP contribution in [0.4, 0.5) is 29.3 Å². The summed E-state index contributed by atoms with van der Waals surface area (Å²) in [4.78, 5) is 12.0. The number of ether oxygens (including phenoxy) is 2. The maximum atomic E-state index is 13.5. The molecule has 9 nitrogen and oxygen atoms in total. The average molecular weight is 509 g/mol. The largest absolute Gasteiger partial charge is 0.489 e. The van der Waals surface area contributed by atoms with Crippen molar-refractivity contribution in [1.29, 1.82) is 0 Å². The lowest BCUT2D eigenvalue weighted by Crippen LogP contribution is -2.44. The number of amides is 1. The highest BCUT2D eigenvalue weighted by Crippen LogP contribution is 2.40. The van der Waals surface area contributed by atoms with Crippen LogP contribution in [0.2, 0.25) is 5.15 Å². The summed E-state index contributed by atoms with van der Waals surface area (Å²) in [6.07, 6.45) is -4.87. The molecule has 0 saturated carbocycles. The van der Waals surface area contributed by atoms with E-state index in [1.165, 1.54) is 18.2 Å². The fourth-order valence-electron chi connectivity index (χ4n) is 3.59.